The molecule has 1 aromatic heterocycles. The Morgan fingerprint density at radius 3 is 2.92 bits per heavy atom. The molecular weight excluding hydrogens is 166 g/mol. The summed E-state index contributed by atoms with van der Waals surface area (Å²) in [4.78, 5) is 8.08. The third-order valence-corrected chi connectivity index (χ3v) is 1.45. The third kappa shape index (κ3) is 3.38. The predicted molar refractivity (Wildman–Crippen MR) is 50.3 cm³/mol. The molecule has 0 unspecified atom stereocenters. The summed E-state index contributed by atoms with van der Waals surface area (Å²) >= 11 is 0. The maximum absolute atomic E-state index is 5.43. The minimum atomic E-state index is 0.414. The van der Waals surface area contributed by atoms with Crippen LogP contribution in [0.3, 0.4) is 0 Å². The molecule has 4 heteroatoms. The number of rotatable bonds is 4. The minimum Gasteiger partial charge on any atom is -0.463 e. The highest BCUT2D eigenvalue weighted by Gasteiger charge is 2.00. The Kier molecular flexibility index (Phi) is 3.64. The maximum atomic E-state index is 5.43. The Balaban J connectivity index is 2.56. The lowest BCUT2D eigenvalue weighted by atomic mass is 10.2. The highest BCUT2D eigenvalue weighted by atomic mass is 16.5. The summed E-state index contributed by atoms with van der Waals surface area (Å²) in [7, 11) is 0. The number of aromatic nitrogens is 2. The van der Waals surface area contributed by atoms with Crippen LogP contribution >= 0.6 is 0 Å². The fourth-order valence-electron chi connectivity index (χ4n) is 0.800. The molecule has 0 saturated carbocycles. The van der Waals surface area contributed by atoms with Crippen molar-refractivity contribution in [3.05, 3.63) is 18.0 Å². The summed E-state index contributed by atoms with van der Waals surface area (Å²) in [5, 5.41) is 0. The van der Waals surface area contributed by atoms with Crippen LogP contribution in [0.2, 0.25) is 0 Å². The van der Waals surface area contributed by atoms with Crippen molar-refractivity contribution in [3.8, 4) is 6.01 Å². The van der Waals surface area contributed by atoms with Crippen LogP contribution in [-0.4, -0.2) is 16.6 Å². The van der Waals surface area contributed by atoms with Crippen molar-refractivity contribution in [1.82, 2.24) is 9.97 Å². The molecule has 2 N–H and O–H groups in total. The highest BCUT2D eigenvalue weighted by molar-refractivity contribution is 5.04. The van der Waals surface area contributed by atoms with Gasteiger partial charge in [0, 0.05) is 12.7 Å². The molecule has 0 aliphatic rings. The van der Waals surface area contributed by atoms with Gasteiger partial charge < -0.3 is 10.5 Å². The smallest absolute Gasteiger partial charge is 0.316 e. The lowest BCUT2D eigenvalue weighted by Gasteiger charge is -2.06. The molecule has 0 amide bonds. The van der Waals surface area contributed by atoms with Crippen molar-refractivity contribution in [1.29, 1.82) is 0 Å². The molecule has 1 heterocycles. The molecule has 0 fully saturated rings. The zero-order chi connectivity index (χ0) is 9.68. The van der Waals surface area contributed by atoms with Crippen LogP contribution in [0, 0.1) is 5.92 Å². The van der Waals surface area contributed by atoms with Crippen LogP contribution in [0.1, 0.15) is 19.5 Å². The summed E-state index contributed by atoms with van der Waals surface area (Å²) < 4.78 is 5.33. The number of hydrogen-bond acceptors (Lipinski definition) is 4. The van der Waals surface area contributed by atoms with E-state index in [9.17, 15) is 0 Å². The van der Waals surface area contributed by atoms with Gasteiger partial charge in [-0.05, 0) is 12.0 Å². The Labute approximate surface area is 78.1 Å². The Bertz CT molecular complexity index is 263. The van der Waals surface area contributed by atoms with E-state index in [-0.39, 0.29) is 0 Å². The molecule has 0 atom stereocenters. The predicted octanol–water partition coefficient (Wildman–Crippen LogP) is 0.970. The van der Waals surface area contributed by atoms with E-state index in [1.165, 1.54) is 0 Å². The third-order valence-electron chi connectivity index (χ3n) is 1.45. The van der Waals surface area contributed by atoms with E-state index in [0.717, 1.165) is 5.69 Å². The summed E-state index contributed by atoms with van der Waals surface area (Å²) in [6, 6.07) is 2.19. The number of hydrogen-bond donors (Lipinski definition) is 1. The first-order valence-electron chi connectivity index (χ1n) is 4.37. The van der Waals surface area contributed by atoms with E-state index in [4.69, 9.17) is 10.5 Å². The van der Waals surface area contributed by atoms with Gasteiger partial charge in [-0.1, -0.05) is 13.8 Å². The molecule has 0 saturated heterocycles. The average molecular weight is 181 g/mol. The van der Waals surface area contributed by atoms with E-state index < -0.39 is 0 Å². The second kappa shape index (κ2) is 4.77. The first kappa shape index (κ1) is 9.92. The van der Waals surface area contributed by atoms with Crippen molar-refractivity contribution < 1.29 is 4.74 Å². The Morgan fingerprint density at radius 2 is 2.31 bits per heavy atom. The van der Waals surface area contributed by atoms with Crippen LogP contribution in [0.4, 0.5) is 0 Å². The molecule has 0 aromatic carbocycles. The monoisotopic (exact) mass is 181 g/mol. The van der Waals surface area contributed by atoms with Crippen LogP contribution < -0.4 is 10.5 Å². The van der Waals surface area contributed by atoms with Crippen LogP contribution in [0.15, 0.2) is 12.3 Å². The normalized spacial score (nSPS) is 10.5. The standard InChI is InChI=1S/C9H15N3O/c1-7(2)6-13-9-11-4-3-8(5-10)12-9/h3-4,7H,5-6,10H2,1-2H3. The van der Waals surface area contributed by atoms with E-state index >= 15 is 0 Å². The molecule has 0 radical (unpaired) electrons. The topological polar surface area (TPSA) is 61.0 Å². The van der Waals surface area contributed by atoms with Gasteiger partial charge in [0.25, 0.3) is 0 Å². The Hall–Kier alpha value is -1.16. The Morgan fingerprint density at radius 1 is 1.54 bits per heavy atom. The zero-order valence-electron chi connectivity index (χ0n) is 8.03. The molecule has 72 valence electrons. The molecule has 1 aromatic rings. The average Bonchev–Trinajstić information content (AvgIpc) is 2.15. The van der Waals surface area contributed by atoms with Crippen molar-refractivity contribution in [3.63, 3.8) is 0 Å². The van der Waals surface area contributed by atoms with Crippen LogP contribution in [0.5, 0.6) is 6.01 Å². The van der Waals surface area contributed by atoms with Gasteiger partial charge in [0.05, 0.1) is 12.3 Å². The van der Waals surface area contributed by atoms with Crippen molar-refractivity contribution in [2.75, 3.05) is 6.61 Å². The van der Waals surface area contributed by atoms with E-state index in [1.54, 1.807) is 12.3 Å². The first-order chi connectivity index (χ1) is 6.22. The molecule has 0 aliphatic heterocycles. The molecular formula is C9H15N3O. The van der Waals surface area contributed by atoms with Gasteiger partial charge in [-0.3, -0.25) is 0 Å². The van der Waals surface area contributed by atoms with Crippen LogP contribution in [0.25, 0.3) is 0 Å². The van der Waals surface area contributed by atoms with Gasteiger partial charge in [-0.2, -0.15) is 4.98 Å². The molecule has 4 nitrogen and oxygen atoms in total. The van der Waals surface area contributed by atoms with Gasteiger partial charge in [0.2, 0.25) is 0 Å². The van der Waals surface area contributed by atoms with E-state index in [2.05, 4.69) is 23.8 Å². The molecule has 0 bridgehead atoms. The first-order valence-corrected chi connectivity index (χ1v) is 4.37. The summed E-state index contributed by atoms with van der Waals surface area (Å²) in [6.07, 6.45) is 1.66. The summed E-state index contributed by atoms with van der Waals surface area (Å²) in [5.74, 6) is 0.477. The van der Waals surface area contributed by atoms with Crippen LogP contribution in [-0.2, 0) is 6.54 Å². The fourth-order valence-corrected chi connectivity index (χ4v) is 0.800. The SMILES string of the molecule is CC(C)COc1nccc(CN)n1. The van der Waals surface area contributed by atoms with Gasteiger partial charge in [-0.15, -0.1) is 0 Å². The quantitative estimate of drug-likeness (QED) is 0.751. The fraction of sp³-hybridized carbons (Fsp3) is 0.556. The molecule has 0 aliphatic carbocycles. The van der Waals surface area contributed by atoms with Crippen molar-refractivity contribution in [2.24, 2.45) is 11.7 Å². The number of nitrogens with zero attached hydrogens (tertiary/aromatic N) is 2. The number of ether oxygens (including phenoxy) is 1. The molecule has 0 spiro atoms. The highest BCUT2D eigenvalue weighted by Crippen LogP contribution is 2.04. The second-order valence-electron chi connectivity index (χ2n) is 3.24. The molecule has 1 rings (SSSR count). The molecule has 13 heavy (non-hydrogen) atoms. The van der Waals surface area contributed by atoms with E-state index in [0.29, 0.717) is 25.1 Å². The maximum Gasteiger partial charge on any atom is 0.316 e. The zero-order valence-corrected chi connectivity index (χ0v) is 8.03. The van der Waals surface area contributed by atoms with Gasteiger partial charge in [0.15, 0.2) is 0 Å². The lowest BCUT2D eigenvalue weighted by Crippen LogP contribution is -2.08. The minimum absolute atomic E-state index is 0.414. The van der Waals surface area contributed by atoms with Gasteiger partial charge >= 0.3 is 6.01 Å². The van der Waals surface area contributed by atoms with Gasteiger partial charge in [-0.25, -0.2) is 4.98 Å². The lowest BCUT2D eigenvalue weighted by molar-refractivity contribution is 0.250. The summed E-state index contributed by atoms with van der Waals surface area (Å²) in [6.45, 7) is 5.20. The number of nitrogens with two attached hydrogens (primary N) is 1. The van der Waals surface area contributed by atoms with Crippen molar-refractivity contribution >= 4 is 0 Å². The van der Waals surface area contributed by atoms with Gasteiger partial charge in [0.1, 0.15) is 0 Å². The largest absolute Gasteiger partial charge is 0.463 e. The summed E-state index contributed by atoms with van der Waals surface area (Å²) in [5.41, 5.74) is 6.23. The van der Waals surface area contributed by atoms with Crippen molar-refractivity contribution in [2.45, 2.75) is 20.4 Å². The van der Waals surface area contributed by atoms with E-state index in [1.807, 2.05) is 0 Å². The second-order valence-corrected chi connectivity index (χ2v) is 3.24.